The van der Waals surface area contributed by atoms with Crippen molar-refractivity contribution in [2.24, 2.45) is 0 Å². The lowest BCUT2D eigenvalue weighted by Crippen LogP contribution is -2.04. The highest BCUT2D eigenvalue weighted by Gasteiger charge is 2.03. The minimum Gasteiger partial charge on any atom is -0.286 e. The SMILES string of the molecule is O=S(=O)(O)CCCCCn1cnnn1. The Labute approximate surface area is 81.9 Å². The number of hydrogen-bond donors (Lipinski definition) is 1. The Morgan fingerprint density at radius 2 is 2.07 bits per heavy atom. The van der Waals surface area contributed by atoms with E-state index in [0.29, 0.717) is 13.0 Å². The Balaban J connectivity index is 2.06. The molecule has 0 atom stereocenters. The Bertz CT molecular complexity index is 347. The van der Waals surface area contributed by atoms with Crippen molar-refractivity contribution < 1.29 is 13.0 Å². The molecule has 0 aliphatic heterocycles. The largest absolute Gasteiger partial charge is 0.286 e. The van der Waals surface area contributed by atoms with Gasteiger partial charge in [-0.05, 0) is 23.3 Å². The minimum atomic E-state index is -3.81. The molecule has 1 aromatic heterocycles. The van der Waals surface area contributed by atoms with Gasteiger partial charge in [0.1, 0.15) is 6.33 Å². The number of nitrogens with zero attached hydrogens (tertiary/aromatic N) is 4. The molecule has 0 aliphatic carbocycles. The topological polar surface area (TPSA) is 98.0 Å². The molecule has 0 spiro atoms. The highest BCUT2D eigenvalue weighted by atomic mass is 32.2. The summed E-state index contributed by atoms with van der Waals surface area (Å²) in [6.45, 7) is 0.665. The number of aromatic nitrogens is 4. The van der Waals surface area contributed by atoms with Crippen LogP contribution in [0.15, 0.2) is 6.33 Å². The van der Waals surface area contributed by atoms with Crippen molar-refractivity contribution in [3.05, 3.63) is 6.33 Å². The van der Waals surface area contributed by atoms with E-state index in [1.165, 1.54) is 6.33 Å². The van der Waals surface area contributed by atoms with Gasteiger partial charge in [0.25, 0.3) is 10.1 Å². The fraction of sp³-hybridized carbons (Fsp3) is 0.833. The van der Waals surface area contributed by atoms with E-state index in [9.17, 15) is 8.42 Å². The van der Waals surface area contributed by atoms with Gasteiger partial charge in [0.2, 0.25) is 0 Å². The number of hydrogen-bond acceptors (Lipinski definition) is 5. The van der Waals surface area contributed by atoms with Crippen molar-refractivity contribution in [1.82, 2.24) is 20.2 Å². The summed E-state index contributed by atoms with van der Waals surface area (Å²) < 4.78 is 30.7. The fourth-order valence-electron chi connectivity index (χ4n) is 1.02. The molecule has 1 rings (SSSR count). The highest BCUT2D eigenvalue weighted by Crippen LogP contribution is 1.99. The number of rotatable bonds is 6. The average Bonchev–Trinajstić information content (AvgIpc) is 2.54. The predicted molar refractivity (Wildman–Crippen MR) is 48.1 cm³/mol. The van der Waals surface area contributed by atoms with Crippen LogP contribution < -0.4 is 0 Å². The molecule has 1 aromatic rings. The van der Waals surface area contributed by atoms with Crippen molar-refractivity contribution >= 4 is 10.1 Å². The van der Waals surface area contributed by atoms with Crippen molar-refractivity contribution in [3.63, 3.8) is 0 Å². The van der Waals surface area contributed by atoms with Crippen LogP contribution in [0.1, 0.15) is 19.3 Å². The molecule has 14 heavy (non-hydrogen) atoms. The first kappa shape index (κ1) is 11.1. The molecule has 0 saturated carbocycles. The Hall–Kier alpha value is -1.02. The molecule has 0 amide bonds. The van der Waals surface area contributed by atoms with Gasteiger partial charge in [0, 0.05) is 6.54 Å². The summed E-state index contributed by atoms with van der Waals surface area (Å²) in [4.78, 5) is 0. The second-order valence-electron chi connectivity index (χ2n) is 2.92. The van der Waals surface area contributed by atoms with E-state index in [-0.39, 0.29) is 5.75 Å². The van der Waals surface area contributed by atoms with E-state index in [1.807, 2.05) is 0 Å². The number of unbranched alkanes of at least 4 members (excludes halogenated alkanes) is 2. The van der Waals surface area contributed by atoms with Gasteiger partial charge in [-0.2, -0.15) is 8.42 Å². The third-order valence-electron chi connectivity index (χ3n) is 1.68. The monoisotopic (exact) mass is 220 g/mol. The van der Waals surface area contributed by atoms with Crippen LogP contribution in [0.2, 0.25) is 0 Å². The zero-order valence-corrected chi connectivity index (χ0v) is 8.39. The molecule has 80 valence electrons. The van der Waals surface area contributed by atoms with Gasteiger partial charge in [-0.1, -0.05) is 6.42 Å². The van der Waals surface area contributed by atoms with Crippen LogP contribution in [0.5, 0.6) is 0 Å². The Morgan fingerprint density at radius 1 is 1.29 bits per heavy atom. The molecule has 0 radical (unpaired) electrons. The van der Waals surface area contributed by atoms with Gasteiger partial charge >= 0.3 is 0 Å². The van der Waals surface area contributed by atoms with Crippen LogP contribution in [0.3, 0.4) is 0 Å². The lowest BCUT2D eigenvalue weighted by molar-refractivity contribution is 0.476. The lowest BCUT2D eigenvalue weighted by Gasteiger charge is -1.98. The van der Waals surface area contributed by atoms with E-state index < -0.39 is 10.1 Å². The summed E-state index contributed by atoms with van der Waals surface area (Å²) in [5, 5.41) is 10.6. The van der Waals surface area contributed by atoms with Gasteiger partial charge in [-0.3, -0.25) is 4.55 Å². The van der Waals surface area contributed by atoms with Crippen LogP contribution >= 0.6 is 0 Å². The van der Waals surface area contributed by atoms with Crippen molar-refractivity contribution in [2.45, 2.75) is 25.8 Å². The first-order valence-electron chi connectivity index (χ1n) is 4.24. The smallest absolute Gasteiger partial charge is 0.264 e. The summed E-state index contributed by atoms with van der Waals surface area (Å²) >= 11 is 0. The van der Waals surface area contributed by atoms with Crippen LogP contribution in [-0.2, 0) is 16.7 Å². The molecular weight excluding hydrogens is 208 g/mol. The van der Waals surface area contributed by atoms with Crippen molar-refractivity contribution in [1.29, 1.82) is 0 Å². The normalized spacial score (nSPS) is 11.8. The fourth-order valence-corrected chi connectivity index (χ4v) is 1.59. The molecule has 8 heteroatoms. The second kappa shape index (κ2) is 5.01. The molecule has 0 saturated heterocycles. The molecule has 7 nitrogen and oxygen atoms in total. The second-order valence-corrected chi connectivity index (χ2v) is 4.49. The Kier molecular flexibility index (Phi) is 3.96. The van der Waals surface area contributed by atoms with Crippen LogP contribution in [0, 0.1) is 0 Å². The third kappa shape index (κ3) is 4.87. The maximum atomic E-state index is 10.3. The molecule has 1 heterocycles. The quantitative estimate of drug-likeness (QED) is 0.523. The van der Waals surface area contributed by atoms with Crippen LogP contribution in [-0.4, -0.2) is 38.9 Å². The van der Waals surface area contributed by atoms with E-state index in [4.69, 9.17) is 4.55 Å². The lowest BCUT2D eigenvalue weighted by atomic mass is 10.2. The van der Waals surface area contributed by atoms with Crippen LogP contribution in [0.25, 0.3) is 0 Å². The average molecular weight is 220 g/mol. The maximum Gasteiger partial charge on any atom is 0.264 e. The number of aryl methyl sites for hydroxylation is 1. The molecule has 1 N–H and O–H groups in total. The zero-order valence-electron chi connectivity index (χ0n) is 7.57. The molecule has 0 fully saturated rings. The zero-order chi connectivity index (χ0) is 10.4. The molecular formula is C6H12N4O3S. The van der Waals surface area contributed by atoms with Crippen molar-refractivity contribution in [3.8, 4) is 0 Å². The molecule has 0 aromatic carbocycles. The first-order valence-corrected chi connectivity index (χ1v) is 5.85. The molecule has 0 bridgehead atoms. The van der Waals surface area contributed by atoms with E-state index >= 15 is 0 Å². The van der Waals surface area contributed by atoms with Crippen molar-refractivity contribution in [2.75, 3.05) is 5.75 Å². The summed E-state index contributed by atoms with van der Waals surface area (Å²) in [6.07, 6.45) is 3.48. The van der Waals surface area contributed by atoms with Gasteiger partial charge in [0.15, 0.2) is 0 Å². The summed E-state index contributed by atoms with van der Waals surface area (Å²) in [7, 11) is -3.81. The van der Waals surface area contributed by atoms with E-state index in [2.05, 4.69) is 15.5 Å². The minimum absolute atomic E-state index is 0.178. The summed E-state index contributed by atoms with van der Waals surface area (Å²) in [6, 6.07) is 0. The summed E-state index contributed by atoms with van der Waals surface area (Å²) in [5.41, 5.74) is 0. The van der Waals surface area contributed by atoms with Crippen LogP contribution in [0.4, 0.5) is 0 Å². The standard InChI is InChI=1S/C6H12N4O3S/c11-14(12,13)5-3-1-2-4-10-6-7-8-9-10/h6H,1-5H2,(H,11,12,13). The Morgan fingerprint density at radius 3 is 2.64 bits per heavy atom. The van der Waals surface area contributed by atoms with Gasteiger partial charge in [0.05, 0.1) is 5.75 Å². The van der Waals surface area contributed by atoms with Gasteiger partial charge in [-0.25, -0.2) is 4.68 Å². The third-order valence-corrected chi connectivity index (χ3v) is 2.49. The van der Waals surface area contributed by atoms with Gasteiger partial charge in [-0.15, -0.1) is 5.10 Å². The number of tetrazole rings is 1. The summed E-state index contributed by atoms with van der Waals surface area (Å²) in [5.74, 6) is -0.178. The predicted octanol–water partition coefficient (Wildman–Crippen LogP) is -0.269. The van der Waals surface area contributed by atoms with Gasteiger partial charge < -0.3 is 0 Å². The first-order chi connectivity index (χ1) is 6.58. The maximum absolute atomic E-state index is 10.3. The van der Waals surface area contributed by atoms with E-state index in [1.54, 1.807) is 4.68 Å². The molecule has 0 aliphatic rings. The molecule has 0 unspecified atom stereocenters. The highest BCUT2D eigenvalue weighted by molar-refractivity contribution is 7.85. The van der Waals surface area contributed by atoms with E-state index in [0.717, 1.165) is 12.8 Å².